The normalized spacial score (nSPS) is 19.7. The van der Waals surface area contributed by atoms with Gasteiger partial charge in [0.15, 0.2) is 11.4 Å². The molecule has 0 amide bonds. The molecule has 6 rings (SSSR count). The number of rotatable bonds is 9. The van der Waals surface area contributed by atoms with E-state index in [1.54, 1.807) is 12.3 Å². The Morgan fingerprint density at radius 2 is 1.92 bits per heavy atom. The van der Waals surface area contributed by atoms with Crippen LogP contribution in [-0.4, -0.2) is 69.3 Å². The molecule has 0 saturated carbocycles. The van der Waals surface area contributed by atoms with Gasteiger partial charge in [-0.05, 0) is 55.3 Å². The molecule has 0 radical (unpaired) electrons. The van der Waals surface area contributed by atoms with E-state index < -0.39 is 0 Å². The lowest BCUT2D eigenvalue weighted by molar-refractivity contribution is -0.115. The molecule has 2 aromatic carbocycles. The zero-order valence-corrected chi connectivity index (χ0v) is 21.6. The Balaban J connectivity index is 1.17. The average Bonchev–Trinajstić information content (AvgIpc) is 3.71. The standard InChI is InChI=1S/C29H31N7O3/c30-28-26-27(20-6-8-25(9-7-20)39-24-4-2-1-3-5-24)34-36(29(26)33-19-32-28)22-11-14-35(16-22)17-23(37)10-13-31-21-12-15-38-18-21/h1-10,13,19,21-22,31H,11-12,14-18H2,(H2,30,32,33)/b13-10+/t21-,22-/m1/s1. The van der Waals surface area contributed by atoms with Crippen LogP contribution in [0.2, 0.25) is 0 Å². The predicted molar refractivity (Wildman–Crippen MR) is 148 cm³/mol. The Labute approximate surface area is 226 Å². The zero-order valence-electron chi connectivity index (χ0n) is 21.6. The summed E-state index contributed by atoms with van der Waals surface area (Å²) in [6.07, 6.45) is 6.66. The molecule has 2 atom stereocenters. The number of fused-ring (bicyclic) bond motifs is 1. The Hall–Kier alpha value is -4.28. The fourth-order valence-electron chi connectivity index (χ4n) is 5.13. The number of aromatic nitrogens is 4. The van der Waals surface area contributed by atoms with E-state index >= 15 is 0 Å². The number of anilines is 1. The topological polar surface area (TPSA) is 120 Å². The minimum Gasteiger partial charge on any atom is -0.457 e. The maximum Gasteiger partial charge on any atom is 0.171 e. The van der Waals surface area contributed by atoms with Crippen LogP contribution in [0.5, 0.6) is 11.5 Å². The Bertz CT molecular complexity index is 1460. The maximum atomic E-state index is 12.5. The molecule has 0 aliphatic carbocycles. The maximum absolute atomic E-state index is 12.5. The second-order valence-electron chi connectivity index (χ2n) is 9.89. The lowest BCUT2D eigenvalue weighted by Gasteiger charge is -2.15. The minimum atomic E-state index is 0.0671. The third-order valence-electron chi connectivity index (χ3n) is 7.13. The minimum absolute atomic E-state index is 0.0671. The quantitative estimate of drug-likeness (QED) is 0.316. The Morgan fingerprint density at radius 1 is 1.10 bits per heavy atom. The first kappa shape index (κ1) is 25.0. The van der Waals surface area contributed by atoms with E-state index in [2.05, 4.69) is 20.2 Å². The number of hydrogen-bond donors (Lipinski definition) is 2. The van der Waals surface area contributed by atoms with Crippen LogP contribution in [0.15, 0.2) is 73.2 Å². The molecule has 39 heavy (non-hydrogen) atoms. The summed E-state index contributed by atoms with van der Waals surface area (Å²) >= 11 is 0. The van der Waals surface area contributed by atoms with E-state index in [0.717, 1.165) is 54.1 Å². The number of nitrogen functional groups attached to an aromatic ring is 1. The summed E-state index contributed by atoms with van der Waals surface area (Å²) in [4.78, 5) is 23.5. The van der Waals surface area contributed by atoms with Gasteiger partial charge in [0, 0.05) is 31.5 Å². The van der Waals surface area contributed by atoms with Gasteiger partial charge in [0.2, 0.25) is 0 Å². The number of ketones is 1. The molecule has 3 N–H and O–H groups in total. The number of nitrogens with zero attached hydrogens (tertiary/aromatic N) is 5. The Morgan fingerprint density at radius 3 is 2.72 bits per heavy atom. The van der Waals surface area contributed by atoms with Crippen molar-refractivity contribution in [3.63, 3.8) is 0 Å². The molecule has 2 aliphatic heterocycles. The third kappa shape index (κ3) is 5.62. The van der Waals surface area contributed by atoms with Crippen LogP contribution in [0.1, 0.15) is 18.9 Å². The summed E-state index contributed by atoms with van der Waals surface area (Å²) in [6.45, 7) is 3.32. The van der Waals surface area contributed by atoms with Crippen LogP contribution >= 0.6 is 0 Å². The molecule has 2 aliphatic rings. The van der Waals surface area contributed by atoms with Gasteiger partial charge in [0.1, 0.15) is 29.3 Å². The molecule has 4 aromatic rings. The number of carbonyl (C=O) groups is 1. The lowest BCUT2D eigenvalue weighted by atomic mass is 10.1. The number of likely N-dealkylation sites (tertiary alicyclic amines) is 1. The molecule has 10 heteroatoms. The van der Waals surface area contributed by atoms with Gasteiger partial charge >= 0.3 is 0 Å². The predicted octanol–water partition coefficient (Wildman–Crippen LogP) is 3.58. The number of nitrogens with one attached hydrogen (secondary N) is 1. The molecule has 2 saturated heterocycles. The van der Waals surface area contributed by atoms with Crippen LogP contribution in [0.3, 0.4) is 0 Å². The number of para-hydroxylation sites is 1. The van der Waals surface area contributed by atoms with Crippen molar-refractivity contribution >= 4 is 22.6 Å². The molecule has 0 spiro atoms. The molecule has 200 valence electrons. The van der Waals surface area contributed by atoms with Crippen LogP contribution < -0.4 is 15.8 Å². The van der Waals surface area contributed by atoms with Crippen LogP contribution in [0.4, 0.5) is 5.82 Å². The first-order chi connectivity index (χ1) is 19.1. The van der Waals surface area contributed by atoms with E-state index in [0.29, 0.717) is 31.2 Å². The summed E-state index contributed by atoms with van der Waals surface area (Å²) in [7, 11) is 0. The fourth-order valence-corrected chi connectivity index (χ4v) is 5.13. The first-order valence-corrected chi connectivity index (χ1v) is 13.2. The van der Waals surface area contributed by atoms with Crippen LogP contribution in [0.25, 0.3) is 22.3 Å². The largest absolute Gasteiger partial charge is 0.457 e. The third-order valence-corrected chi connectivity index (χ3v) is 7.13. The van der Waals surface area contributed by atoms with Crippen molar-refractivity contribution in [2.24, 2.45) is 0 Å². The fraction of sp³-hybridized carbons (Fsp3) is 0.310. The van der Waals surface area contributed by atoms with Crippen LogP contribution in [0, 0.1) is 0 Å². The van der Waals surface area contributed by atoms with Gasteiger partial charge in [-0.2, -0.15) is 5.10 Å². The average molecular weight is 526 g/mol. The van der Waals surface area contributed by atoms with Crippen molar-refractivity contribution in [2.45, 2.75) is 24.9 Å². The van der Waals surface area contributed by atoms with Crippen molar-refractivity contribution in [3.8, 4) is 22.8 Å². The van der Waals surface area contributed by atoms with E-state index in [9.17, 15) is 4.79 Å². The molecule has 2 fully saturated rings. The van der Waals surface area contributed by atoms with Crippen molar-refractivity contribution < 1.29 is 14.3 Å². The highest BCUT2D eigenvalue weighted by molar-refractivity contribution is 5.98. The SMILES string of the molecule is Nc1ncnc2c1c(-c1ccc(Oc3ccccc3)cc1)nn2[C@@H]1CCN(CC(=O)/C=C/N[C@@H]2CCOC2)C1. The lowest BCUT2D eigenvalue weighted by Crippen LogP contribution is -2.28. The highest BCUT2D eigenvalue weighted by Crippen LogP contribution is 2.34. The van der Waals surface area contributed by atoms with E-state index in [1.165, 1.54) is 6.33 Å². The van der Waals surface area contributed by atoms with Gasteiger partial charge < -0.3 is 20.5 Å². The number of ether oxygens (including phenoxy) is 2. The van der Waals surface area contributed by atoms with Crippen molar-refractivity contribution in [1.29, 1.82) is 0 Å². The Kier molecular flexibility index (Phi) is 7.20. The monoisotopic (exact) mass is 525 g/mol. The van der Waals surface area contributed by atoms with Crippen LogP contribution in [-0.2, 0) is 9.53 Å². The molecule has 2 aromatic heterocycles. The summed E-state index contributed by atoms with van der Waals surface area (Å²) in [5.41, 5.74) is 8.64. The van der Waals surface area contributed by atoms with Crippen molar-refractivity contribution in [1.82, 2.24) is 30.0 Å². The molecular formula is C29H31N7O3. The summed E-state index contributed by atoms with van der Waals surface area (Å²) < 4.78 is 13.2. The number of nitrogens with two attached hydrogens (primary N) is 1. The second-order valence-corrected chi connectivity index (χ2v) is 9.89. The van der Waals surface area contributed by atoms with E-state index in [-0.39, 0.29) is 17.9 Å². The molecule has 0 bridgehead atoms. The molecule has 10 nitrogen and oxygen atoms in total. The van der Waals surface area contributed by atoms with Gasteiger partial charge in [-0.1, -0.05) is 18.2 Å². The summed E-state index contributed by atoms with van der Waals surface area (Å²) in [5.74, 6) is 1.96. The van der Waals surface area contributed by atoms with Gasteiger partial charge in [-0.15, -0.1) is 0 Å². The number of benzene rings is 2. The van der Waals surface area contributed by atoms with Gasteiger partial charge in [0.05, 0.1) is 30.6 Å². The molecular weight excluding hydrogens is 494 g/mol. The molecule has 0 unspecified atom stereocenters. The van der Waals surface area contributed by atoms with Crippen molar-refractivity contribution in [3.05, 3.63) is 73.2 Å². The van der Waals surface area contributed by atoms with Gasteiger partial charge in [-0.25, -0.2) is 14.6 Å². The highest BCUT2D eigenvalue weighted by Gasteiger charge is 2.29. The number of hydrogen-bond acceptors (Lipinski definition) is 9. The van der Waals surface area contributed by atoms with E-state index in [4.69, 9.17) is 20.3 Å². The highest BCUT2D eigenvalue weighted by atomic mass is 16.5. The van der Waals surface area contributed by atoms with E-state index in [1.807, 2.05) is 59.3 Å². The second kappa shape index (κ2) is 11.2. The molecule has 4 heterocycles. The first-order valence-electron chi connectivity index (χ1n) is 13.2. The van der Waals surface area contributed by atoms with Gasteiger partial charge in [-0.3, -0.25) is 9.69 Å². The number of carbonyl (C=O) groups excluding carboxylic acids is 1. The van der Waals surface area contributed by atoms with Crippen molar-refractivity contribution in [2.75, 3.05) is 38.6 Å². The zero-order chi connectivity index (χ0) is 26.6. The summed E-state index contributed by atoms with van der Waals surface area (Å²) in [5, 5.41) is 8.94. The smallest absolute Gasteiger partial charge is 0.171 e. The van der Waals surface area contributed by atoms with Gasteiger partial charge in [0.25, 0.3) is 0 Å². The summed E-state index contributed by atoms with van der Waals surface area (Å²) in [6, 6.07) is 17.8.